The minimum Gasteiger partial charge on any atom is -0.399 e. The van der Waals surface area contributed by atoms with Crippen molar-refractivity contribution in [2.75, 3.05) is 24.7 Å². The predicted molar refractivity (Wildman–Crippen MR) is 59.6 cm³/mol. The normalized spacial score (nSPS) is 10.2. The Bertz CT molecular complexity index is 308. The number of anilines is 2. The molecule has 3 heteroatoms. The number of benzene rings is 1. The Balaban J connectivity index is 3.30. The maximum absolute atomic E-state index is 6.09. The molecule has 0 unspecified atom stereocenters. The number of halogens is 1. The molecule has 2 N–H and O–H groups in total. The third kappa shape index (κ3) is 2.07. The number of aryl methyl sites for hydroxylation is 1. The molecular formula is C10H15ClN2. The van der Waals surface area contributed by atoms with E-state index in [1.165, 1.54) is 5.56 Å². The Labute approximate surface area is 84.3 Å². The monoisotopic (exact) mass is 198 g/mol. The zero-order valence-electron chi connectivity index (χ0n) is 8.26. The van der Waals surface area contributed by atoms with Crippen molar-refractivity contribution < 1.29 is 0 Å². The molecule has 0 aliphatic carbocycles. The second kappa shape index (κ2) is 3.88. The molecule has 0 heterocycles. The summed E-state index contributed by atoms with van der Waals surface area (Å²) in [5, 5.41) is 0.724. The van der Waals surface area contributed by atoms with Gasteiger partial charge in [-0.15, -0.1) is 0 Å². The van der Waals surface area contributed by atoms with Crippen molar-refractivity contribution in [2.24, 2.45) is 0 Å². The average Bonchev–Trinajstić information content (AvgIpc) is 2.01. The lowest BCUT2D eigenvalue weighted by molar-refractivity contribution is 1.06. The molecule has 0 aromatic heterocycles. The second-order valence-electron chi connectivity index (χ2n) is 3.26. The van der Waals surface area contributed by atoms with Crippen molar-refractivity contribution in [1.29, 1.82) is 0 Å². The van der Waals surface area contributed by atoms with Gasteiger partial charge >= 0.3 is 0 Å². The summed E-state index contributed by atoms with van der Waals surface area (Å²) in [5.74, 6) is 0. The summed E-state index contributed by atoms with van der Waals surface area (Å²) in [5.41, 5.74) is 8.69. The van der Waals surface area contributed by atoms with Crippen molar-refractivity contribution in [3.05, 3.63) is 22.7 Å². The van der Waals surface area contributed by atoms with Crippen LogP contribution in [-0.4, -0.2) is 14.1 Å². The maximum atomic E-state index is 6.09. The number of hydrogen-bond acceptors (Lipinski definition) is 2. The van der Waals surface area contributed by atoms with Crippen molar-refractivity contribution >= 4 is 23.0 Å². The van der Waals surface area contributed by atoms with Gasteiger partial charge in [0.1, 0.15) is 0 Å². The van der Waals surface area contributed by atoms with E-state index in [9.17, 15) is 0 Å². The molecule has 0 amide bonds. The van der Waals surface area contributed by atoms with Gasteiger partial charge in [-0.1, -0.05) is 18.5 Å². The van der Waals surface area contributed by atoms with Crippen LogP contribution in [0.1, 0.15) is 12.5 Å². The first-order valence-electron chi connectivity index (χ1n) is 4.31. The number of nitrogen functional groups attached to an aromatic ring is 1. The highest BCUT2D eigenvalue weighted by Crippen LogP contribution is 2.31. The zero-order valence-corrected chi connectivity index (χ0v) is 9.02. The number of hydrogen-bond donors (Lipinski definition) is 1. The van der Waals surface area contributed by atoms with Gasteiger partial charge in [-0.3, -0.25) is 0 Å². The molecule has 0 aliphatic rings. The highest BCUT2D eigenvalue weighted by atomic mass is 35.5. The SMILES string of the molecule is CCc1cc(N)cc(Cl)c1N(C)C. The fraction of sp³-hybridized carbons (Fsp3) is 0.400. The molecular weight excluding hydrogens is 184 g/mol. The summed E-state index contributed by atoms with van der Waals surface area (Å²) >= 11 is 6.09. The molecule has 0 aliphatic heterocycles. The van der Waals surface area contributed by atoms with Gasteiger partial charge in [-0.2, -0.15) is 0 Å². The highest BCUT2D eigenvalue weighted by molar-refractivity contribution is 6.33. The first-order valence-corrected chi connectivity index (χ1v) is 4.69. The van der Waals surface area contributed by atoms with Gasteiger partial charge < -0.3 is 10.6 Å². The minimum absolute atomic E-state index is 0.724. The van der Waals surface area contributed by atoms with E-state index in [2.05, 4.69) is 6.92 Å². The highest BCUT2D eigenvalue weighted by Gasteiger charge is 2.08. The summed E-state index contributed by atoms with van der Waals surface area (Å²) in [4.78, 5) is 2.01. The lowest BCUT2D eigenvalue weighted by Gasteiger charge is -2.19. The van der Waals surface area contributed by atoms with Gasteiger partial charge in [0, 0.05) is 19.8 Å². The zero-order chi connectivity index (χ0) is 10.0. The predicted octanol–water partition coefficient (Wildman–Crippen LogP) is 2.55. The van der Waals surface area contributed by atoms with Gasteiger partial charge in [-0.25, -0.2) is 0 Å². The molecule has 0 bridgehead atoms. The van der Waals surface area contributed by atoms with Crippen LogP contribution in [0.2, 0.25) is 5.02 Å². The van der Waals surface area contributed by atoms with Crippen LogP contribution in [0.15, 0.2) is 12.1 Å². The molecule has 72 valence electrons. The minimum atomic E-state index is 0.724. The molecule has 0 spiro atoms. The fourth-order valence-electron chi connectivity index (χ4n) is 1.45. The summed E-state index contributed by atoms with van der Waals surface area (Å²) < 4.78 is 0. The quantitative estimate of drug-likeness (QED) is 0.741. The third-order valence-corrected chi connectivity index (χ3v) is 2.28. The van der Waals surface area contributed by atoms with Crippen molar-refractivity contribution in [1.82, 2.24) is 0 Å². The largest absolute Gasteiger partial charge is 0.399 e. The molecule has 2 nitrogen and oxygen atoms in total. The van der Waals surface area contributed by atoms with Crippen LogP contribution in [0.25, 0.3) is 0 Å². The molecule has 0 saturated heterocycles. The topological polar surface area (TPSA) is 29.3 Å². The van der Waals surface area contributed by atoms with Crippen LogP contribution in [-0.2, 0) is 6.42 Å². The van der Waals surface area contributed by atoms with E-state index < -0.39 is 0 Å². The van der Waals surface area contributed by atoms with Crippen LogP contribution in [0.3, 0.4) is 0 Å². The smallest absolute Gasteiger partial charge is 0.0662 e. The van der Waals surface area contributed by atoms with Gasteiger partial charge in [0.15, 0.2) is 0 Å². The molecule has 0 saturated carbocycles. The summed E-state index contributed by atoms with van der Waals surface area (Å²) in [6.45, 7) is 2.10. The Morgan fingerprint density at radius 2 is 2.00 bits per heavy atom. The van der Waals surface area contributed by atoms with Gasteiger partial charge in [0.2, 0.25) is 0 Å². The van der Waals surface area contributed by atoms with Crippen LogP contribution >= 0.6 is 11.6 Å². The maximum Gasteiger partial charge on any atom is 0.0662 e. The van der Waals surface area contributed by atoms with Crippen molar-refractivity contribution in [3.63, 3.8) is 0 Å². The van der Waals surface area contributed by atoms with E-state index in [-0.39, 0.29) is 0 Å². The standard InChI is InChI=1S/C10H15ClN2/c1-4-7-5-8(12)6-9(11)10(7)13(2)3/h5-6H,4,12H2,1-3H3. The van der Waals surface area contributed by atoms with E-state index in [0.29, 0.717) is 0 Å². The lowest BCUT2D eigenvalue weighted by Crippen LogP contribution is -2.12. The van der Waals surface area contributed by atoms with E-state index in [0.717, 1.165) is 22.8 Å². The summed E-state index contributed by atoms with van der Waals surface area (Å²) in [6.07, 6.45) is 0.943. The molecule has 1 aromatic rings. The summed E-state index contributed by atoms with van der Waals surface area (Å²) in [7, 11) is 3.97. The van der Waals surface area contributed by atoms with Gasteiger partial charge in [0.25, 0.3) is 0 Å². The molecule has 13 heavy (non-hydrogen) atoms. The average molecular weight is 199 g/mol. The Morgan fingerprint density at radius 3 is 2.46 bits per heavy atom. The van der Waals surface area contributed by atoms with E-state index in [4.69, 9.17) is 17.3 Å². The second-order valence-corrected chi connectivity index (χ2v) is 3.67. The molecule has 1 aromatic carbocycles. The van der Waals surface area contributed by atoms with Crippen LogP contribution < -0.4 is 10.6 Å². The first kappa shape index (κ1) is 10.2. The fourth-order valence-corrected chi connectivity index (χ4v) is 1.87. The Morgan fingerprint density at radius 1 is 1.38 bits per heavy atom. The molecule has 0 fully saturated rings. The van der Waals surface area contributed by atoms with E-state index in [1.807, 2.05) is 25.1 Å². The molecule has 0 atom stereocenters. The lowest BCUT2D eigenvalue weighted by atomic mass is 10.1. The number of nitrogens with zero attached hydrogens (tertiary/aromatic N) is 1. The molecule has 1 rings (SSSR count). The number of nitrogens with two attached hydrogens (primary N) is 1. The first-order chi connectivity index (χ1) is 6.06. The van der Waals surface area contributed by atoms with Crippen molar-refractivity contribution in [3.8, 4) is 0 Å². The Hall–Kier alpha value is -0.890. The third-order valence-electron chi connectivity index (χ3n) is 1.99. The number of rotatable bonds is 2. The Kier molecular flexibility index (Phi) is 3.04. The van der Waals surface area contributed by atoms with Crippen LogP contribution in [0.5, 0.6) is 0 Å². The summed E-state index contributed by atoms with van der Waals surface area (Å²) in [6, 6.07) is 3.76. The van der Waals surface area contributed by atoms with Crippen LogP contribution in [0.4, 0.5) is 11.4 Å². The van der Waals surface area contributed by atoms with Gasteiger partial charge in [0.05, 0.1) is 10.7 Å². The van der Waals surface area contributed by atoms with E-state index in [1.54, 1.807) is 6.07 Å². The van der Waals surface area contributed by atoms with Crippen molar-refractivity contribution in [2.45, 2.75) is 13.3 Å². The molecule has 0 radical (unpaired) electrons. The van der Waals surface area contributed by atoms with Gasteiger partial charge in [-0.05, 0) is 24.1 Å². The van der Waals surface area contributed by atoms with Crippen LogP contribution in [0, 0.1) is 0 Å². The van der Waals surface area contributed by atoms with E-state index >= 15 is 0 Å².